The van der Waals surface area contributed by atoms with Crippen LogP contribution in [0.15, 0.2) is 249 Å². The van der Waals surface area contributed by atoms with Gasteiger partial charge in [-0.2, -0.15) is 0 Å². The molecule has 3 nitrogen and oxygen atoms in total. The van der Waals surface area contributed by atoms with E-state index in [0.717, 1.165) is 28.4 Å². The van der Waals surface area contributed by atoms with Gasteiger partial charge >= 0.3 is 0 Å². The molecule has 2 heterocycles. The third kappa shape index (κ3) is 6.22. The summed E-state index contributed by atoms with van der Waals surface area (Å²) >= 11 is 0. The van der Waals surface area contributed by atoms with Crippen molar-refractivity contribution in [1.29, 1.82) is 0 Å². The third-order valence-electron chi connectivity index (χ3n) is 14.8. The minimum absolute atomic E-state index is 0.116. The zero-order valence-corrected chi connectivity index (χ0v) is 39.1. The second-order valence-corrected chi connectivity index (χ2v) is 19.7. The molecular formula is C65H50BN3. The maximum atomic E-state index is 2.57. The lowest BCUT2D eigenvalue weighted by molar-refractivity contribution is 0.590. The summed E-state index contributed by atoms with van der Waals surface area (Å²) in [4.78, 5) is 7.52. The van der Waals surface area contributed by atoms with Gasteiger partial charge in [0.2, 0.25) is 0 Å². The van der Waals surface area contributed by atoms with Crippen LogP contribution in [0.1, 0.15) is 48.6 Å². The summed E-state index contributed by atoms with van der Waals surface area (Å²) in [7, 11) is 0. The van der Waals surface area contributed by atoms with Crippen molar-refractivity contribution in [3.05, 3.63) is 277 Å². The van der Waals surface area contributed by atoms with E-state index in [4.69, 9.17) is 0 Å². The maximum Gasteiger partial charge on any atom is 0.252 e. The predicted molar refractivity (Wildman–Crippen MR) is 291 cm³/mol. The molecule has 0 spiro atoms. The Morgan fingerprint density at radius 2 is 0.870 bits per heavy atom. The van der Waals surface area contributed by atoms with Gasteiger partial charge in [-0.25, -0.2) is 0 Å². The number of para-hydroxylation sites is 4. The lowest BCUT2D eigenvalue weighted by Gasteiger charge is -2.46. The highest BCUT2D eigenvalue weighted by Crippen LogP contribution is 2.58. The second kappa shape index (κ2) is 15.9. The standard InChI is InChI=1S/C65H50BN3/c1-64(2,3)47-42-59-62-60(43-47)69(51-34-20-9-21-35-51)58-44-52(67(48-28-14-6-15-29-48)49-30-16-7-17-31-49)38-40-56(58)66(62)63-57(68(59)50-32-18-8-19-33-50)41-39-55-61(63)53-36-22-23-37-54(53)65(55,45-24-10-4-11-25-45)46-26-12-5-13-27-46/h4-44H,1-3H3. The number of nitrogens with zero attached hydrogens (tertiary/aromatic N) is 3. The Morgan fingerprint density at radius 1 is 0.391 bits per heavy atom. The SMILES string of the molecule is CC(C)(C)c1cc2c3c(c1)N(c1ccccc1)c1ccc4c(c1B3c1ccc(N(c3ccccc3)c3ccccc3)cc1N2c1ccccc1)-c1ccccc1C4(c1ccccc1)c1ccccc1. The third-order valence-corrected chi connectivity index (χ3v) is 14.8. The first kappa shape index (κ1) is 40.9. The number of rotatable bonds is 7. The molecule has 3 aliphatic rings. The van der Waals surface area contributed by atoms with Gasteiger partial charge in [-0.3, -0.25) is 0 Å². The van der Waals surface area contributed by atoms with Gasteiger partial charge < -0.3 is 14.7 Å². The average molecular weight is 884 g/mol. The molecule has 0 radical (unpaired) electrons. The predicted octanol–water partition coefficient (Wildman–Crippen LogP) is 14.9. The van der Waals surface area contributed by atoms with E-state index in [1.54, 1.807) is 0 Å². The molecule has 0 amide bonds. The number of benzene rings is 10. The molecule has 10 aromatic rings. The molecule has 10 aromatic carbocycles. The summed E-state index contributed by atoms with van der Waals surface area (Å²) in [6.07, 6.45) is 0. The van der Waals surface area contributed by atoms with Gasteiger partial charge in [0.05, 0.1) is 5.41 Å². The second-order valence-electron chi connectivity index (χ2n) is 19.7. The van der Waals surface area contributed by atoms with Crippen molar-refractivity contribution in [1.82, 2.24) is 0 Å². The van der Waals surface area contributed by atoms with Gasteiger partial charge in [-0.05, 0) is 140 Å². The molecule has 0 saturated heterocycles. The van der Waals surface area contributed by atoms with Crippen molar-refractivity contribution < 1.29 is 0 Å². The average Bonchev–Trinajstić information content (AvgIpc) is 3.71. The molecule has 328 valence electrons. The van der Waals surface area contributed by atoms with Crippen molar-refractivity contribution in [2.45, 2.75) is 31.6 Å². The maximum absolute atomic E-state index is 2.57. The Morgan fingerprint density at radius 3 is 1.41 bits per heavy atom. The van der Waals surface area contributed by atoms with E-state index in [1.807, 2.05) is 0 Å². The summed E-state index contributed by atoms with van der Waals surface area (Å²) in [5.41, 5.74) is 22.6. The van der Waals surface area contributed by atoms with Gasteiger partial charge in [0.15, 0.2) is 0 Å². The summed E-state index contributed by atoms with van der Waals surface area (Å²) in [6.45, 7) is 6.92. The molecule has 13 rings (SSSR count). The molecule has 0 saturated carbocycles. The molecule has 4 heteroatoms. The molecule has 69 heavy (non-hydrogen) atoms. The number of anilines is 9. The van der Waals surface area contributed by atoms with Crippen molar-refractivity contribution in [3.63, 3.8) is 0 Å². The van der Waals surface area contributed by atoms with E-state index in [0.29, 0.717) is 0 Å². The van der Waals surface area contributed by atoms with E-state index in [-0.39, 0.29) is 12.1 Å². The minimum Gasteiger partial charge on any atom is -0.311 e. The summed E-state index contributed by atoms with van der Waals surface area (Å²) in [6, 6.07) is 92.4. The van der Waals surface area contributed by atoms with Crippen molar-refractivity contribution in [3.8, 4) is 11.1 Å². The zero-order valence-electron chi connectivity index (χ0n) is 39.1. The van der Waals surface area contributed by atoms with Crippen LogP contribution >= 0.6 is 0 Å². The van der Waals surface area contributed by atoms with E-state index in [2.05, 4.69) is 284 Å². The van der Waals surface area contributed by atoms with Gasteiger partial charge in [0.1, 0.15) is 0 Å². The van der Waals surface area contributed by atoms with Crippen LogP contribution in [0.5, 0.6) is 0 Å². The monoisotopic (exact) mass is 883 g/mol. The Hall–Kier alpha value is -8.34. The van der Waals surface area contributed by atoms with Gasteiger partial charge in [-0.1, -0.05) is 191 Å². The van der Waals surface area contributed by atoms with Crippen molar-refractivity contribution >= 4 is 74.3 Å². The molecule has 0 unspecified atom stereocenters. The van der Waals surface area contributed by atoms with E-state index < -0.39 is 5.41 Å². The fraction of sp³-hybridized carbons (Fsp3) is 0.0769. The van der Waals surface area contributed by atoms with Gasteiger partial charge in [0, 0.05) is 51.2 Å². The Bertz CT molecular complexity index is 3460. The van der Waals surface area contributed by atoms with Crippen molar-refractivity contribution in [2.75, 3.05) is 14.7 Å². The fourth-order valence-corrected chi connectivity index (χ4v) is 11.9. The van der Waals surface area contributed by atoms with Gasteiger partial charge in [0.25, 0.3) is 6.71 Å². The molecule has 0 atom stereocenters. The highest BCUT2D eigenvalue weighted by atomic mass is 15.2. The van der Waals surface area contributed by atoms with Crippen LogP contribution in [0.2, 0.25) is 0 Å². The Kier molecular flexibility index (Phi) is 9.42. The fourth-order valence-electron chi connectivity index (χ4n) is 11.9. The van der Waals surface area contributed by atoms with E-state index in [1.165, 1.54) is 78.1 Å². The normalized spacial score (nSPS) is 13.8. The largest absolute Gasteiger partial charge is 0.311 e. The molecule has 0 bridgehead atoms. The minimum atomic E-state index is -0.552. The Balaban J connectivity index is 1.18. The van der Waals surface area contributed by atoms with Crippen LogP contribution in [0, 0.1) is 0 Å². The van der Waals surface area contributed by atoms with Crippen LogP contribution in [0.25, 0.3) is 11.1 Å². The summed E-state index contributed by atoms with van der Waals surface area (Å²) < 4.78 is 0. The van der Waals surface area contributed by atoms with Crippen LogP contribution in [-0.4, -0.2) is 6.71 Å². The lowest BCUT2D eigenvalue weighted by atomic mass is 9.32. The van der Waals surface area contributed by atoms with Crippen LogP contribution < -0.4 is 31.1 Å². The van der Waals surface area contributed by atoms with E-state index >= 15 is 0 Å². The van der Waals surface area contributed by atoms with E-state index in [9.17, 15) is 0 Å². The van der Waals surface area contributed by atoms with Crippen molar-refractivity contribution in [2.24, 2.45) is 0 Å². The zero-order chi connectivity index (χ0) is 46.3. The number of hydrogen-bond donors (Lipinski definition) is 0. The smallest absolute Gasteiger partial charge is 0.252 e. The quantitative estimate of drug-likeness (QED) is 0.148. The molecule has 0 N–H and O–H groups in total. The van der Waals surface area contributed by atoms with Crippen LogP contribution in [0.4, 0.5) is 51.2 Å². The molecular weight excluding hydrogens is 834 g/mol. The topological polar surface area (TPSA) is 9.72 Å². The van der Waals surface area contributed by atoms with Crippen LogP contribution in [-0.2, 0) is 10.8 Å². The first-order chi connectivity index (χ1) is 33.9. The van der Waals surface area contributed by atoms with Crippen LogP contribution in [0.3, 0.4) is 0 Å². The highest BCUT2D eigenvalue weighted by Gasteiger charge is 2.52. The number of hydrogen-bond acceptors (Lipinski definition) is 3. The lowest BCUT2D eigenvalue weighted by Crippen LogP contribution is -2.62. The molecule has 1 aliphatic carbocycles. The summed E-state index contributed by atoms with van der Waals surface area (Å²) in [5, 5.41) is 0. The number of fused-ring (bicyclic) bond motifs is 8. The first-order valence-corrected chi connectivity index (χ1v) is 24.2. The molecule has 2 aliphatic heterocycles. The first-order valence-electron chi connectivity index (χ1n) is 24.2. The highest BCUT2D eigenvalue weighted by molar-refractivity contribution is 7.01. The van der Waals surface area contributed by atoms with Gasteiger partial charge in [-0.15, -0.1) is 0 Å². The Labute approximate surface area is 406 Å². The molecule has 0 aromatic heterocycles. The molecule has 0 fully saturated rings. The summed E-state index contributed by atoms with van der Waals surface area (Å²) in [5.74, 6) is 0.